The van der Waals surface area contributed by atoms with Gasteiger partial charge in [-0.15, -0.1) is 0 Å². The van der Waals surface area contributed by atoms with Gasteiger partial charge in [-0.25, -0.2) is 4.98 Å². The second kappa shape index (κ2) is 17.8. The molecule has 4 aromatic rings. The van der Waals surface area contributed by atoms with Crippen LogP contribution in [0.4, 0.5) is 5.82 Å². The molecule has 272 valence electrons. The Bertz CT molecular complexity index is 1780. The molecule has 0 spiro atoms. The van der Waals surface area contributed by atoms with Crippen LogP contribution < -0.4 is 16.0 Å². The lowest BCUT2D eigenvalue weighted by atomic mass is 9.91. The Morgan fingerprint density at radius 1 is 0.863 bits per heavy atom. The molecule has 0 saturated carbocycles. The van der Waals surface area contributed by atoms with E-state index in [2.05, 4.69) is 27.0 Å². The monoisotopic (exact) mass is 695 g/mol. The number of esters is 1. The van der Waals surface area contributed by atoms with Crippen molar-refractivity contribution in [3.63, 3.8) is 0 Å². The van der Waals surface area contributed by atoms with Crippen molar-refractivity contribution in [3.8, 4) is 0 Å². The van der Waals surface area contributed by atoms with Crippen molar-refractivity contribution < 1.29 is 23.9 Å². The van der Waals surface area contributed by atoms with Crippen molar-refractivity contribution in [3.05, 3.63) is 96.4 Å². The third-order valence-electron chi connectivity index (χ3n) is 8.67. The van der Waals surface area contributed by atoms with E-state index in [1.165, 1.54) is 0 Å². The summed E-state index contributed by atoms with van der Waals surface area (Å²) in [5.41, 5.74) is 0.598. The number of anilines is 1. The second-order valence-corrected chi connectivity index (χ2v) is 14.9. The highest BCUT2D eigenvalue weighted by Gasteiger charge is 2.34. The van der Waals surface area contributed by atoms with E-state index < -0.39 is 29.3 Å². The molecule has 1 aromatic heterocycles. The van der Waals surface area contributed by atoms with E-state index in [0.717, 1.165) is 28.3 Å². The largest absolute Gasteiger partial charge is 0.466 e. The van der Waals surface area contributed by atoms with Crippen molar-refractivity contribution in [2.75, 3.05) is 11.9 Å². The van der Waals surface area contributed by atoms with Crippen LogP contribution in [0.25, 0.3) is 10.8 Å². The van der Waals surface area contributed by atoms with Crippen molar-refractivity contribution >= 4 is 40.3 Å². The number of hydrogen-bond donors (Lipinski definition) is 3. The number of amides is 3. The summed E-state index contributed by atoms with van der Waals surface area (Å²) in [6, 6.07) is 23.3. The van der Waals surface area contributed by atoms with Crippen LogP contribution in [0, 0.1) is 5.41 Å². The average Bonchev–Trinajstić information content (AvgIpc) is 3.52. The van der Waals surface area contributed by atoms with Gasteiger partial charge >= 0.3 is 5.97 Å². The Morgan fingerprint density at radius 3 is 2.27 bits per heavy atom. The number of imidazole rings is 1. The minimum Gasteiger partial charge on any atom is -0.466 e. The number of carbonyl (C=O) groups excluding carboxylic acids is 4. The van der Waals surface area contributed by atoms with E-state index in [4.69, 9.17) is 4.74 Å². The Morgan fingerprint density at radius 2 is 1.57 bits per heavy atom. The number of fused-ring (bicyclic) bond motifs is 1. The number of aryl methyl sites for hydroxylation is 2. The molecule has 3 N–H and O–H groups in total. The molecule has 0 radical (unpaired) electrons. The first-order chi connectivity index (χ1) is 24.2. The molecule has 1 unspecified atom stereocenters. The summed E-state index contributed by atoms with van der Waals surface area (Å²) in [6.45, 7) is 11.8. The Hall–Kier alpha value is -4.99. The molecule has 4 rings (SSSR count). The van der Waals surface area contributed by atoms with Crippen LogP contribution in [-0.4, -0.2) is 51.4 Å². The Labute approximate surface area is 301 Å². The predicted octanol–water partition coefficient (Wildman–Crippen LogP) is 6.94. The molecule has 3 amide bonds. The van der Waals surface area contributed by atoms with Crippen molar-refractivity contribution in [1.82, 2.24) is 20.2 Å². The number of nitrogens with one attached hydrogen (secondary N) is 3. The Balaban J connectivity index is 1.39. The first kappa shape index (κ1) is 38.8. The smallest absolute Gasteiger partial charge is 0.313 e. The maximum Gasteiger partial charge on any atom is 0.313 e. The van der Waals surface area contributed by atoms with Gasteiger partial charge < -0.3 is 25.3 Å². The van der Waals surface area contributed by atoms with E-state index in [1.807, 2.05) is 99.0 Å². The topological polar surface area (TPSA) is 131 Å². The predicted molar refractivity (Wildman–Crippen MR) is 201 cm³/mol. The van der Waals surface area contributed by atoms with Gasteiger partial charge in [-0.1, -0.05) is 93.6 Å². The zero-order valence-corrected chi connectivity index (χ0v) is 30.8. The lowest BCUT2D eigenvalue weighted by Crippen LogP contribution is -2.58. The van der Waals surface area contributed by atoms with E-state index >= 15 is 0 Å². The van der Waals surface area contributed by atoms with Gasteiger partial charge in [0.15, 0.2) is 5.82 Å². The maximum absolute atomic E-state index is 13.6. The van der Waals surface area contributed by atoms with Gasteiger partial charge in [0.1, 0.15) is 11.6 Å². The van der Waals surface area contributed by atoms with Gasteiger partial charge in [-0.3, -0.25) is 19.2 Å². The number of aromatic nitrogens is 2. The molecule has 3 aromatic carbocycles. The fraction of sp³-hybridized carbons (Fsp3) is 0.439. The van der Waals surface area contributed by atoms with Gasteiger partial charge in [0.25, 0.3) is 0 Å². The minimum absolute atomic E-state index is 0.232. The zero-order chi connectivity index (χ0) is 37.0. The normalized spacial score (nSPS) is 12.9. The third kappa shape index (κ3) is 12.1. The lowest BCUT2D eigenvalue weighted by Gasteiger charge is -2.29. The zero-order valence-electron chi connectivity index (χ0n) is 30.8. The van der Waals surface area contributed by atoms with E-state index in [0.29, 0.717) is 44.7 Å². The molecular weight excluding hydrogens is 642 g/mol. The van der Waals surface area contributed by atoms with Crippen LogP contribution in [0.15, 0.2) is 85.3 Å². The number of hydrogen-bond acceptors (Lipinski definition) is 6. The molecule has 0 aliphatic carbocycles. The van der Waals surface area contributed by atoms with Crippen LogP contribution >= 0.6 is 0 Å². The second-order valence-electron chi connectivity index (χ2n) is 14.9. The highest BCUT2D eigenvalue weighted by atomic mass is 16.5. The first-order valence-electron chi connectivity index (χ1n) is 17.9. The summed E-state index contributed by atoms with van der Waals surface area (Å²) in [5, 5.41) is 10.8. The molecule has 51 heavy (non-hydrogen) atoms. The summed E-state index contributed by atoms with van der Waals surface area (Å²) in [6.07, 6.45) is 6.69. The van der Waals surface area contributed by atoms with E-state index in [9.17, 15) is 19.2 Å². The van der Waals surface area contributed by atoms with E-state index in [1.54, 1.807) is 26.4 Å². The summed E-state index contributed by atoms with van der Waals surface area (Å²) in [4.78, 5) is 57.1. The van der Waals surface area contributed by atoms with Gasteiger partial charge in [0.05, 0.1) is 18.9 Å². The van der Waals surface area contributed by atoms with Crippen LogP contribution in [0.3, 0.4) is 0 Å². The molecule has 10 nitrogen and oxygen atoms in total. The first-order valence-corrected chi connectivity index (χ1v) is 17.9. The highest BCUT2D eigenvalue weighted by Crippen LogP contribution is 2.27. The summed E-state index contributed by atoms with van der Waals surface area (Å²) >= 11 is 0. The number of rotatable bonds is 17. The Kier molecular flexibility index (Phi) is 13.5. The average molecular weight is 696 g/mol. The number of nitrogens with zero attached hydrogens (tertiary/aromatic N) is 2. The summed E-state index contributed by atoms with van der Waals surface area (Å²) in [7, 11) is 0. The number of ether oxygens (including phenoxy) is 1. The van der Waals surface area contributed by atoms with Crippen LogP contribution in [0.2, 0.25) is 0 Å². The van der Waals surface area contributed by atoms with Crippen molar-refractivity contribution in [2.45, 2.75) is 104 Å². The van der Waals surface area contributed by atoms with Crippen LogP contribution in [0.5, 0.6) is 0 Å². The highest BCUT2D eigenvalue weighted by molar-refractivity contribution is 5.99. The van der Waals surface area contributed by atoms with E-state index in [-0.39, 0.29) is 23.7 Å². The van der Waals surface area contributed by atoms with Crippen molar-refractivity contribution in [1.29, 1.82) is 0 Å². The van der Waals surface area contributed by atoms with Gasteiger partial charge in [0.2, 0.25) is 17.7 Å². The summed E-state index contributed by atoms with van der Waals surface area (Å²) < 4.78 is 7.30. The molecule has 1 heterocycles. The van der Waals surface area contributed by atoms with Gasteiger partial charge in [-0.05, 0) is 80.2 Å². The lowest BCUT2D eigenvalue weighted by molar-refractivity contribution is -0.145. The SMILES string of the molecule is CCOC(=O)C(CCCn1cnc(NC(=O)[C@@H](CCCc2ccccc2)NC(=O)C(C)(C)NC(=O)CC(C)(C)C)c1)c1ccc2ccccc2c1. The molecule has 0 bridgehead atoms. The molecule has 10 heteroatoms. The standard InChI is InChI=1S/C41H53N5O5/c1-7-51-38(49)33(32-23-22-30-18-11-12-19-31(30)25-32)20-14-24-46-27-35(42-28-46)44-37(48)34(21-13-17-29-15-9-8-10-16-29)43-39(50)41(5,6)45-36(47)26-40(2,3)4/h8-12,15-16,18-19,22-23,25,27-28,33-34H,7,13-14,17,20-21,24,26H2,1-6H3,(H,43,50)(H,44,48)(H,45,47)/t33?,34-/m1/s1. The fourth-order valence-corrected chi connectivity index (χ4v) is 6.02. The van der Waals surface area contributed by atoms with Gasteiger partial charge in [-0.2, -0.15) is 0 Å². The number of benzene rings is 3. The van der Waals surface area contributed by atoms with Gasteiger partial charge in [0, 0.05) is 19.2 Å². The molecular formula is C41H53N5O5. The van der Waals surface area contributed by atoms with Crippen LogP contribution in [-0.2, 0) is 36.9 Å². The molecule has 0 aliphatic rings. The van der Waals surface area contributed by atoms with Crippen LogP contribution in [0.1, 0.15) is 90.7 Å². The summed E-state index contributed by atoms with van der Waals surface area (Å²) in [5.74, 6) is -1.36. The quantitative estimate of drug-likeness (QED) is 0.103. The molecule has 2 atom stereocenters. The number of carbonyl (C=O) groups is 4. The molecule has 0 fully saturated rings. The van der Waals surface area contributed by atoms with Crippen molar-refractivity contribution in [2.24, 2.45) is 5.41 Å². The fourth-order valence-electron chi connectivity index (χ4n) is 6.02. The minimum atomic E-state index is -1.23. The third-order valence-corrected chi connectivity index (χ3v) is 8.67. The molecule has 0 saturated heterocycles. The maximum atomic E-state index is 13.6. The molecule has 0 aliphatic heterocycles.